The van der Waals surface area contributed by atoms with Gasteiger partial charge in [0, 0.05) is 18.0 Å². The van der Waals surface area contributed by atoms with Gasteiger partial charge < -0.3 is 14.1 Å². The summed E-state index contributed by atoms with van der Waals surface area (Å²) < 4.78 is 11.8. The number of hydrogen-bond donors (Lipinski definition) is 0. The molecule has 27 heavy (non-hydrogen) atoms. The molecule has 3 fully saturated rings. The topological polar surface area (TPSA) is 25.6 Å². The van der Waals surface area contributed by atoms with Gasteiger partial charge in [-0.05, 0) is 67.4 Å². The number of ether oxygens (including phenoxy) is 1. The first-order valence-electron chi connectivity index (χ1n) is 9.79. The summed E-state index contributed by atoms with van der Waals surface area (Å²) in [5.41, 5.74) is 3.32. The number of fused-ring (bicyclic) bond motifs is 4. The minimum Gasteiger partial charge on any atom is -0.465 e. The summed E-state index contributed by atoms with van der Waals surface area (Å²) in [5.74, 6) is 2.35. The second kappa shape index (κ2) is 7.95. The van der Waals surface area contributed by atoms with Crippen LogP contribution in [0, 0.1) is 11.8 Å². The Labute approximate surface area is 166 Å². The third-order valence-electron chi connectivity index (χ3n) is 6.13. The lowest BCUT2D eigenvalue weighted by Crippen LogP contribution is -2.47. The van der Waals surface area contributed by atoms with Gasteiger partial charge in [-0.15, -0.1) is 12.4 Å². The van der Waals surface area contributed by atoms with Crippen LogP contribution in [-0.4, -0.2) is 31.1 Å². The van der Waals surface area contributed by atoms with E-state index in [2.05, 4.69) is 41.3 Å². The average Bonchev–Trinajstić information content (AvgIpc) is 3.11. The lowest BCUT2D eigenvalue weighted by Gasteiger charge is -2.44. The molecule has 2 bridgehead atoms. The van der Waals surface area contributed by atoms with Crippen molar-refractivity contribution in [3.05, 3.63) is 54.6 Å². The number of rotatable bonds is 5. The molecular weight excluding hydrogens is 358 g/mol. The molecule has 0 saturated carbocycles. The van der Waals surface area contributed by atoms with Gasteiger partial charge in [0.05, 0.1) is 6.61 Å². The van der Waals surface area contributed by atoms with Gasteiger partial charge in [-0.2, -0.15) is 0 Å². The molecule has 4 heteroatoms. The van der Waals surface area contributed by atoms with E-state index in [1.54, 1.807) is 0 Å². The van der Waals surface area contributed by atoms with Gasteiger partial charge in [0.2, 0.25) is 0 Å². The van der Waals surface area contributed by atoms with E-state index in [0.29, 0.717) is 5.95 Å². The standard InChI is InChI=1S/C23H25NO2.ClH/c1-2-4-17(5-3-1)19-6-7-22-21(14-19)15-23(26-22)25-13-10-20-16-24-11-8-18(20)9-12-24;/h1-7,14-15,18,20H,8-13,16H2;1H. The molecular formula is C23H26ClNO2. The fourth-order valence-electron chi connectivity index (χ4n) is 4.63. The number of hydrogen-bond acceptors (Lipinski definition) is 3. The molecule has 0 aliphatic carbocycles. The van der Waals surface area contributed by atoms with E-state index in [-0.39, 0.29) is 12.4 Å². The van der Waals surface area contributed by atoms with E-state index in [4.69, 9.17) is 9.15 Å². The zero-order chi connectivity index (χ0) is 17.3. The zero-order valence-electron chi connectivity index (χ0n) is 15.5. The largest absolute Gasteiger partial charge is 0.465 e. The Hall–Kier alpha value is -1.97. The second-order valence-corrected chi connectivity index (χ2v) is 7.72. The zero-order valence-corrected chi connectivity index (χ0v) is 16.3. The van der Waals surface area contributed by atoms with Crippen LogP contribution in [0.1, 0.15) is 19.3 Å². The molecule has 1 atom stereocenters. The van der Waals surface area contributed by atoms with Crippen LogP contribution in [-0.2, 0) is 0 Å². The third-order valence-corrected chi connectivity index (χ3v) is 6.13. The summed E-state index contributed by atoms with van der Waals surface area (Å²) in [6.45, 7) is 4.61. The molecule has 3 aliphatic heterocycles. The van der Waals surface area contributed by atoms with Gasteiger partial charge in [-0.3, -0.25) is 0 Å². The Morgan fingerprint density at radius 1 is 0.963 bits per heavy atom. The summed E-state index contributed by atoms with van der Waals surface area (Å²) in [6, 6.07) is 18.8. The van der Waals surface area contributed by atoms with E-state index >= 15 is 0 Å². The van der Waals surface area contributed by atoms with Crippen molar-refractivity contribution in [1.29, 1.82) is 0 Å². The number of furan rings is 1. The normalized spacial score (nSPS) is 23.9. The quantitative estimate of drug-likeness (QED) is 0.570. The van der Waals surface area contributed by atoms with Crippen molar-refractivity contribution in [2.75, 3.05) is 26.2 Å². The van der Waals surface area contributed by atoms with Crippen LogP contribution in [0.3, 0.4) is 0 Å². The molecule has 3 aliphatic rings. The highest BCUT2D eigenvalue weighted by atomic mass is 35.5. The van der Waals surface area contributed by atoms with E-state index in [1.807, 2.05) is 18.2 Å². The van der Waals surface area contributed by atoms with Crippen LogP contribution >= 0.6 is 12.4 Å². The van der Waals surface area contributed by atoms with Gasteiger partial charge in [0.25, 0.3) is 5.95 Å². The molecule has 6 rings (SSSR count). The fourth-order valence-corrected chi connectivity index (χ4v) is 4.63. The molecule has 3 aromatic rings. The number of halogens is 1. The van der Waals surface area contributed by atoms with Gasteiger partial charge in [0.15, 0.2) is 0 Å². The van der Waals surface area contributed by atoms with Gasteiger partial charge in [0.1, 0.15) is 5.58 Å². The van der Waals surface area contributed by atoms with Crippen LogP contribution in [0.15, 0.2) is 59.0 Å². The van der Waals surface area contributed by atoms with Crippen LogP contribution < -0.4 is 4.74 Å². The Kier molecular flexibility index (Phi) is 5.42. The minimum atomic E-state index is 0. The maximum absolute atomic E-state index is 5.96. The van der Waals surface area contributed by atoms with Crippen molar-refractivity contribution in [2.24, 2.45) is 11.8 Å². The fraction of sp³-hybridized carbons (Fsp3) is 0.391. The summed E-state index contributed by atoms with van der Waals surface area (Å²) in [6.07, 6.45) is 3.88. The first-order chi connectivity index (χ1) is 12.8. The molecule has 3 saturated heterocycles. The first kappa shape index (κ1) is 18.4. The summed E-state index contributed by atoms with van der Waals surface area (Å²) >= 11 is 0. The molecule has 1 unspecified atom stereocenters. The van der Waals surface area contributed by atoms with Crippen LogP contribution in [0.5, 0.6) is 5.95 Å². The summed E-state index contributed by atoms with van der Waals surface area (Å²) in [5, 5.41) is 1.10. The monoisotopic (exact) mass is 383 g/mol. The molecule has 3 nitrogen and oxygen atoms in total. The van der Waals surface area contributed by atoms with Crippen molar-refractivity contribution in [2.45, 2.75) is 19.3 Å². The Morgan fingerprint density at radius 2 is 1.78 bits per heavy atom. The number of benzene rings is 2. The molecule has 0 spiro atoms. The van der Waals surface area contributed by atoms with Crippen molar-refractivity contribution >= 4 is 23.4 Å². The van der Waals surface area contributed by atoms with Crippen molar-refractivity contribution in [3.8, 4) is 17.1 Å². The summed E-state index contributed by atoms with van der Waals surface area (Å²) in [7, 11) is 0. The lowest BCUT2D eigenvalue weighted by atomic mass is 9.78. The highest BCUT2D eigenvalue weighted by Gasteiger charge is 2.33. The maximum atomic E-state index is 5.96. The van der Waals surface area contributed by atoms with Crippen LogP contribution in [0.25, 0.3) is 22.1 Å². The first-order valence-corrected chi connectivity index (χ1v) is 9.79. The van der Waals surface area contributed by atoms with Gasteiger partial charge >= 0.3 is 0 Å². The molecule has 2 aromatic carbocycles. The average molecular weight is 384 g/mol. The lowest BCUT2D eigenvalue weighted by molar-refractivity contribution is 0.0381. The van der Waals surface area contributed by atoms with E-state index in [1.165, 1.54) is 43.6 Å². The predicted octanol–water partition coefficient (Wildman–Crippen LogP) is 5.63. The molecule has 1 aromatic heterocycles. The van der Waals surface area contributed by atoms with Gasteiger partial charge in [-0.1, -0.05) is 36.4 Å². The Bertz CT molecular complexity index is 884. The summed E-state index contributed by atoms with van der Waals surface area (Å²) in [4.78, 5) is 2.61. The SMILES string of the molecule is Cl.c1ccc(-c2ccc3oc(OCCC4CN5CCC4CC5)cc3c2)cc1. The van der Waals surface area contributed by atoms with E-state index in [9.17, 15) is 0 Å². The van der Waals surface area contributed by atoms with Crippen molar-refractivity contribution in [3.63, 3.8) is 0 Å². The highest BCUT2D eigenvalue weighted by molar-refractivity contribution is 5.85. The Morgan fingerprint density at radius 3 is 2.52 bits per heavy atom. The van der Waals surface area contributed by atoms with Crippen LogP contribution in [0.4, 0.5) is 0 Å². The van der Waals surface area contributed by atoms with Crippen molar-refractivity contribution in [1.82, 2.24) is 4.90 Å². The number of nitrogens with zero attached hydrogens (tertiary/aromatic N) is 1. The molecule has 0 radical (unpaired) electrons. The maximum Gasteiger partial charge on any atom is 0.285 e. The molecule has 142 valence electrons. The molecule has 0 amide bonds. The smallest absolute Gasteiger partial charge is 0.285 e. The molecule has 4 heterocycles. The minimum absolute atomic E-state index is 0. The highest BCUT2D eigenvalue weighted by Crippen LogP contribution is 2.35. The Balaban J connectivity index is 0.00000180. The number of piperidine rings is 3. The predicted molar refractivity (Wildman–Crippen MR) is 112 cm³/mol. The van der Waals surface area contributed by atoms with E-state index in [0.717, 1.165) is 35.8 Å². The second-order valence-electron chi connectivity index (χ2n) is 7.72. The van der Waals surface area contributed by atoms with Crippen LogP contribution in [0.2, 0.25) is 0 Å². The third kappa shape index (κ3) is 3.85. The molecule has 0 N–H and O–H groups in total. The van der Waals surface area contributed by atoms with Gasteiger partial charge in [-0.25, -0.2) is 0 Å². The van der Waals surface area contributed by atoms with Crippen molar-refractivity contribution < 1.29 is 9.15 Å². The van der Waals surface area contributed by atoms with E-state index < -0.39 is 0 Å².